The van der Waals surface area contributed by atoms with Crippen molar-refractivity contribution in [1.82, 2.24) is 5.32 Å². The minimum atomic E-state index is -0.207. The van der Waals surface area contributed by atoms with E-state index in [-0.39, 0.29) is 11.8 Å². The quantitative estimate of drug-likeness (QED) is 0.767. The van der Waals surface area contributed by atoms with Crippen molar-refractivity contribution in [2.24, 2.45) is 0 Å². The molecule has 0 spiro atoms. The summed E-state index contributed by atoms with van der Waals surface area (Å²) in [6.45, 7) is 3.99. The van der Waals surface area contributed by atoms with Gasteiger partial charge in [-0.1, -0.05) is 32.0 Å². The summed E-state index contributed by atoms with van der Waals surface area (Å²) in [5.41, 5.74) is 1.84. The van der Waals surface area contributed by atoms with Gasteiger partial charge in [0.25, 0.3) is 5.91 Å². The molecule has 0 aliphatic heterocycles. The number of carbonyl (C=O) groups excluding carboxylic acids is 2. The number of carbonyl (C=O) groups is 2. The third-order valence-corrected chi connectivity index (χ3v) is 2.33. The van der Waals surface area contributed by atoms with Crippen LogP contribution in [0.1, 0.15) is 46.0 Å². The van der Waals surface area contributed by atoms with Crippen molar-refractivity contribution in [3.8, 4) is 0 Å². The molecule has 3 heteroatoms. The van der Waals surface area contributed by atoms with Crippen LogP contribution < -0.4 is 5.32 Å². The lowest BCUT2D eigenvalue weighted by atomic mass is 9.93. The summed E-state index contributed by atoms with van der Waals surface area (Å²) in [6.07, 6.45) is 0.719. The zero-order valence-corrected chi connectivity index (χ0v) is 9.20. The first-order valence-electron chi connectivity index (χ1n) is 4.92. The molecule has 0 aromatic heterocycles. The number of aldehydes is 1. The average molecular weight is 205 g/mol. The molecule has 80 valence electrons. The Balaban J connectivity index is 3.39. The summed E-state index contributed by atoms with van der Waals surface area (Å²) in [7, 11) is 1.56. The van der Waals surface area contributed by atoms with E-state index in [1.807, 2.05) is 19.9 Å². The van der Waals surface area contributed by atoms with Gasteiger partial charge in [0, 0.05) is 12.6 Å². The number of amides is 1. The van der Waals surface area contributed by atoms with Gasteiger partial charge >= 0.3 is 0 Å². The Morgan fingerprint density at radius 2 is 2.07 bits per heavy atom. The lowest BCUT2D eigenvalue weighted by Gasteiger charge is -2.13. The predicted octanol–water partition coefficient (Wildman–Crippen LogP) is 1.98. The van der Waals surface area contributed by atoms with E-state index < -0.39 is 0 Å². The fraction of sp³-hybridized carbons (Fsp3) is 0.333. The molecule has 0 saturated carbocycles. The van der Waals surface area contributed by atoms with E-state index in [2.05, 4.69) is 5.32 Å². The smallest absolute Gasteiger partial charge is 0.252 e. The van der Waals surface area contributed by atoms with Gasteiger partial charge < -0.3 is 5.32 Å². The molecule has 1 aromatic carbocycles. The van der Waals surface area contributed by atoms with Gasteiger partial charge in [-0.2, -0.15) is 0 Å². The van der Waals surface area contributed by atoms with Gasteiger partial charge in [-0.25, -0.2) is 0 Å². The number of hydrogen-bond donors (Lipinski definition) is 1. The van der Waals surface area contributed by atoms with Gasteiger partial charge in [0.1, 0.15) is 0 Å². The van der Waals surface area contributed by atoms with Gasteiger partial charge in [-0.15, -0.1) is 0 Å². The third-order valence-electron chi connectivity index (χ3n) is 2.33. The van der Waals surface area contributed by atoms with Crippen LogP contribution in [-0.2, 0) is 0 Å². The maximum atomic E-state index is 11.6. The Bertz CT molecular complexity index is 383. The summed E-state index contributed by atoms with van der Waals surface area (Å²) >= 11 is 0. The lowest BCUT2D eigenvalue weighted by molar-refractivity contribution is 0.0956. The number of benzene rings is 1. The Hall–Kier alpha value is -1.64. The normalized spacial score (nSPS) is 10.1. The fourth-order valence-corrected chi connectivity index (χ4v) is 1.56. The molecule has 0 fully saturated rings. The molecule has 3 nitrogen and oxygen atoms in total. The summed E-state index contributed by atoms with van der Waals surface area (Å²) < 4.78 is 0. The second kappa shape index (κ2) is 4.73. The Labute approximate surface area is 89.5 Å². The van der Waals surface area contributed by atoms with Gasteiger partial charge in [0.2, 0.25) is 0 Å². The van der Waals surface area contributed by atoms with E-state index in [9.17, 15) is 9.59 Å². The van der Waals surface area contributed by atoms with E-state index in [4.69, 9.17) is 0 Å². The van der Waals surface area contributed by atoms with E-state index in [1.165, 1.54) is 0 Å². The molecule has 0 atom stereocenters. The molecule has 1 N–H and O–H groups in total. The molecule has 1 rings (SSSR count). The summed E-state index contributed by atoms with van der Waals surface area (Å²) in [6, 6.07) is 5.33. The van der Waals surface area contributed by atoms with Crippen molar-refractivity contribution in [1.29, 1.82) is 0 Å². The van der Waals surface area contributed by atoms with Crippen molar-refractivity contribution in [2.45, 2.75) is 19.8 Å². The van der Waals surface area contributed by atoms with Crippen molar-refractivity contribution in [3.05, 3.63) is 34.9 Å². The van der Waals surface area contributed by atoms with Crippen LogP contribution in [0.3, 0.4) is 0 Å². The van der Waals surface area contributed by atoms with Crippen molar-refractivity contribution in [3.63, 3.8) is 0 Å². The SMILES string of the molecule is CNC(=O)c1c(C=O)cccc1C(C)C. The second-order valence-electron chi connectivity index (χ2n) is 3.66. The van der Waals surface area contributed by atoms with Crippen LogP contribution in [0.5, 0.6) is 0 Å². The third kappa shape index (κ3) is 2.24. The second-order valence-corrected chi connectivity index (χ2v) is 3.66. The average Bonchev–Trinajstić information content (AvgIpc) is 2.26. The predicted molar refractivity (Wildman–Crippen MR) is 59.3 cm³/mol. The standard InChI is InChI=1S/C12H15NO2/c1-8(2)10-6-4-5-9(7-14)11(10)12(15)13-3/h4-8H,1-3H3,(H,13,15). The molecular formula is C12H15NO2. The molecule has 0 heterocycles. The Morgan fingerprint density at radius 1 is 1.40 bits per heavy atom. The van der Waals surface area contributed by atoms with Crippen LogP contribution in [0.2, 0.25) is 0 Å². The molecule has 1 aromatic rings. The van der Waals surface area contributed by atoms with Crippen LogP contribution in [-0.4, -0.2) is 19.2 Å². The molecular weight excluding hydrogens is 190 g/mol. The topological polar surface area (TPSA) is 46.2 Å². The number of nitrogens with one attached hydrogen (secondary N) is 1. The fourth-order valence-electron chi connectivity index (χ4n) is 1.56. The van der Waals surface area contributed by atoms with Crippen molar-refractivity contribution < 1.29 is 9.59 Å². The van der Waals surface area contributed by atoms with Crippen LogP contribution in [0.4, 0.5) is 0 Å². The molecule has 0 saturated heterocycles. The first-order valence-corrected chi connectivity index (χ1v) is 4.92. The summed E-state index contributed by atoms with van der Waals surface area (Å²) in [4.78, 5) is 22.5. The first kappa shape index (κ1) is 11.4. The molecule has 0 aliphatic rings. The highest BCUT2D eigenvalue weighted by atomic mass is 16.1. The number of hydrogen-bond acceptors (Lipinski definition) is 2. The van der Waals surface area contributed by atoms with E-state index >= 15 is 0 Å². The van der Waals surface area contributed by atoms with Crippen molar-refractivity contribution in [2.75, 3.05) is 7.05 Å². The zero-order chi connectivity index (χ0) is 11.4. The largest absolute Gasteiger partial charge is 0.355 e. The maximum Gasteiger partial charge on any atom is 0.252 e. The maximum absolute atomic E-state index is 11.6. The molecule has 1 amide bonds. The van der Waals surface area contributed by atoms with Gasteiger partial charge in [0.15, 0.2) is 6.29 Å². The van der Waals surface area contributed by atoms with Crippen LogP contribution in [0.25, 0.3) is 0 Å². The first-order chi connectivity index (χ1) is 7.11. The molecule has 0 unspecified atom stereocenters. The number of rotatable bonds is 3. The Morgan fingerprint density at radius 3 is 2.53 bits per heavy atom. The highest BCUT2D eigenvalue weighted by molar-refractivity contribution is 6.02. The molecule has 0 aliphatic carbocycles. The van der Waals surface area contributed by atoms with Crippen LogP contribution in [0, 0.1) is 0 Å². The minimum Gasteiger partial charge on any atom is -0.355 e. The van der Waals surface area contributed by atoms with E-state index in [1.54, 1.807) is 19.2 Å². The molecule has 0 radical (unpaired) electrons. The highest BCUT2D eigenvalue weighted by Crippen LogP contribution is 2.21. The molecule has 15 heavy (non-hydrogen) atoms. The van der Waals surface area contributed by atoms with Gasteiger partial charge in [-0.3, -0.25) is 9.59 Å². The summed E-state index contributed by atoms with van der Waals surface area (Å²) in [5, 5.41) is 2.55. The zero-order valence-electron chi connectivity index (χ0n) is 9.20. The molecule has 0 bridgehead atoms. The Kier molecular flexibility index (Phi) is 3.61. The van der Waals surface area contributed by atoms with E-state index in [0.29, 0.717) is 11.1 Å². The van der Waals surface area contributed by atoms with Crippen molar-refractivity contribution >= 4 is 12.2 Å². The highest BCUT2D eigenvalue weighted by Gasteiger charge is 2.16. The monoisotopic (exact) mass is 205 g/mol. The van der Waals surface area contributed by atoms with Crippen LogP contribution >= 0.6 is 0 Å². The summed E-state index contributed by atoms with van der Waals surface area (Å²) in [5.74, 6) is 0.0126. The minimum absolute atomic E-state index is 0.207. The lowest BCUT2D eigenvalue weighted by Crippen LogP contribution is -2.21. The van der Waals surface area contributed by atoms with Gasteiger partial charge in [0.05, 0.1) is 5.56 Å². The van der Waals surface area contributed by atoms with E-state index in [0.717, 1.165) is 11.8 Å². The van der Waals surface area contributed by atoms with Gasteiger partial charge in [-0.05, 0) is 11.5 Å². The van der Waals surface area contributed by atoms with Crippen LogP contribution in [0.15, 0.2) is 18.2 Å².